The number of nitrogens with one attached hydrogen (secondary N) is 3. The number of hydrogen-bond acceptors (Lipinski definition) is 8. The number of fused-ring (bicyclic) bond motifs is 2. The molecular formula is C63H53F4N3O9. The van der Waals surface area contributed by atoms with Gasteiger partial charge in [0.2, 0.25) is 5.91 Å². The van der Waals surface area contributed by atoms with Gasteiger partial charge in [0.15, 0.2) is 11.6 Å². The molecule has 0 radical (unpaired) electrons. The number of amides is 3. The fourth-order valence-electron chi connectivity index (χ4n) is 12.4. The molecule has 6 aromatic carbocycles. The van der Waals surface area contributed by atoms with E-state index in [9.17, 15) is 51.4 Å². The van der Waals surface area contributed by atoms with Gasteiger partial charge in [-0.05, 0) is 192 Å². The first-order valence-electron chi connectivity index (χ1n) is 26.1. The van der Waals surface area contributed by atoms with Gasteiger partial charge in [-0.25, -0.2) is 17.6 Å². The van der Waals surface area contributed by atoms with E-state index in [4.69, 9.17) is 8.83 Å². The number of furan rings is 2. The molecule has 0 aliphatic heterocycles. The van der Waals surface area contributed by atoms with Crippen molar-refractivity contribution in [2.75, 3.05) is 21.1 Å². The van der Waals surface area contributed by atoms with Gasteiger partial charge in [-0.1, -0.05) is 12.1 Å². The molecule has 16 heteroatoms. The summed E-state index contributed by atoms with van der Waals surface area (Å²) in [6.45, 7) is 0. The molecule has 6 aliphatic rings. The van der Waals surface area contributed by atoms with Crippen LogP contribution < -0.4 is 16.0 Å². The second-order valence-corrected chi connectivity index (χ2v) is 21.8. The Bertz CT molecular complexity index is 3830. The highest BCUT2D eigenvalue weighted by Crippen LogP contribution is 2.67. The van der Waals surface area contributed by atoms with Crippen LogP contribution >= 0.6 is 0 Å². The molecule has 14 rings (SSSR count). The molecule has 79 heavy (non-hydrogen) atoms. The Morgan fingerprint density at radius 1 is 0.506 bits per heavy atom. The van der Waals surface area contributed by atoms with E-state index in [1.807, 2.05) is 0 Å². The highest BCUT2D eigenvalue weighted by molar-refractivity contribution is 6.13. The van der Waals surface area contributed by atoms with Gasteiger partial charge >= 0.3 is 5.97 Å². The van der Waals surface area contributed by atoms with Gasteiger partial charge in [0.25, 0.3) is 11.8 Å². The van der Waals surface area contributed by atoms with Crippen LogP contribution in [-0.4, -0.2) is 61.5 Å². The molecule has 6 saturated carbocycles. The van der Waals surface area contributed by atoms with Gasteiger partial charge in [-0.2, -0.15) is 0 Å². The Balaban J connectivity index is 0.000000167. The third-order valence-corrected chi connectivity index (χ3v) is 16.5. The molecule has 6 fully saturated rings. The van der Waals surface area contributed by atoms with Crippen molar-refractivity contribution < 1.29 is 60.3 Å². The first-order valence-corrected chi connectivity index (χ1v) is 26.1. The third-order valence-electron chi connectivity index (χ3n) is 16.5. The Kier molecular flexibility index (Phi) is 13.5. The van der Waals surface area contributed by atoms with E-state index in [0.717, 1.165) is 38.5 Å². The average Bonchev–Trinajstić information content (AvgIpc) is 3.97. The second-order valence-electron chi connectivity index (χ2n) is 21.8. The number of ketones is 2. The SMILES string of the molecule is CNC(=O)Cc1cc2oc(-c3ccc(F)cc3)c(C(=O)NC)c2cc1-c1ccc(F)c(C(=O)CC23CC(C2)C3)c1.CNC(=O)c1c(-c2ccc(F)cc2)oc2cc(CC(=O)O)c(-c3ccc(F)c(C(=O)CC45CC(C4)C5)c3)cc12. The molecule has 4 N–H and O–H groups in total. The Morgan fingerprint density at radius 3 is 1.23 bits per heavy atom. The number of carbonyl (C=O) groups is 6. The van der Waals surface area contributed by atoms with Gasteiger partial charge in [0.1, 0.15) is 46.0 Å². The van der Waals surface area contributed by atoms with E-state index < -0.39 is 41.1 Å². The van der Waals surface area contributed by atoms with E-state index in [0.29, 0.717) is 85.5 Å². The number of carboxylic acid groups (broad SMARTS) is 1. The zero-order valence-electron chi connectivity index (χ0n) is 43.3. The molecule has 3 amide bonds. The monoisotopic (exact) mass is 1070 g/mol. The van der Waals surface area contributed by atoms with Crippen LogP contribution in [0.15, 0.2) is 118 Å². The largest absolute Gasteiger partial charge is 0.481 e. The van der Waals surface area contributed by atoms with Crippen LogP contribution in [0.2, 0.25) is 0 Å². The van der Waals surface area contributed by atoms with Crippen LogP contribution in [0.25, 0.3) is 66.8 Å². The van der Waals surface area contributed by atoms with E-state index in [-0.39, 0.29) is 80.5 Å². The maximum Gasteiger partial charge on any atom is 0.307 e. The molecule has 0 atom stereocenters. The van der Waals surface area contributed by atoms with Crippen molar-refractivity contribution in [2.24, 2.45) is 22.7 Å². The van der Waals surface area contributed by atoms with Crippen molar-refractivity contribution in [1.29, 1.82) is 0 Å². The summed E-state index contributed by atoms with van der Waals surface area (Å²) in [5.74, 6) is -2.88. The standard InChI is InChI=1S/C32H28F2N2O4.C31H25F2NO5/c1-35-28(38)11-20-10-27-24(29(31(39)36-2)30(40-27)18-3-6-21(33)7-4-18)12-22(20)19-5-8-25(34)23(9-19)26(37)16-32-13-17(14-32)15-32;1-34-30(38)28-23-11-21(18-4-7-24(33)22(8-18)25(35)15-31-12-16(13-31)14-31)19(10-27(36)37)9-26(23)39-29(28)17-2-5-20(32)6-3-17/h3-10,12,17H,11,13-16H2,1-2H3,(H,35,38)(H,36,39);2-9,11,16H,10,12-15H2,1H3,(H,34,38)(H,36,37). The van der Waals surface area contributed by atoms with Gasteiger partial charge in [-0.15, -0.1) is 0 Å². The second kappa shape index (κ2) is 20.3. The Hall–Kier alpha value is -8.66. The average molecular weight is 1070 g/mol. The molecule has 6 aliphatic carbocycles. The van der Waals surface area contributed by atoms with E-state index in [1.165, 1.54) is 100 Å². The predicted octanol–water partition coefficient (Wildman–Crippen LogP) is 12.5. The molecule has 0 unspecified atom stereocenters. The summed E-state index contributed by atoms with van der Waals surface area (Å²) in [5, 5.41) is 18.3. The zero-order valence-corrected chi connectivity index (χ0v) is 43.3. The van der Waals surface area contributed by atoms with E-state index >= 15 is 0 Å². The zero-order chi connectivity index (χ0) is 55.7. The molecule has 2 aromatic heterocycles. The molecule has 0 spiro atoms. The molecule has 4 bridgehead atoms. The number of aliphatic carboxylic acids is 1. The first kappa shape index (κ1) is 52.4. The lowest BCUT2D eigenvalue weighted by Gasteiger charge is -2.62. The minimum Gasteiger partial charge on any atom is -0.481 e. The van der Waals surface area contributed by atoms with Crippen molar-refractivity contribution >= 4 is 57.2 Å². The summed E-state index contributed by atoms with van der Waals surface area (Å²) >= 11 is 0. The molecule has 12 nitrogen and oxygen atoms in total. The molecule has 2 heterocycles. The summed E-state index contributed by atoms with van der Waals surface area (Å²) in [7, 11) is 4.50. The molecule has 0 saturated heterocycles. The number of rotatable bonds is 16. The molecule has 8 aromatic rings. The maximum atomic E-state index is 14.9. The maximum absolute atomic E-state index is 14.9. The number of hydrogen-bond donors (Lipinski definition) is 4. The van der Waals surface area contributed by atoms with Crippen LogP contribution in [0.1, 0.15) is 104 Å². The van der Waals surface area contributed by atoms with E-state index in [1.54, 1.807) is 30.3 Å². The van der Waals surface area contributed by atoms with Gasteiger partial charge < -0.3 is 29.9 Å². The molecule has 402 valence electrons. The number of Topliss-reactive ketones (excluding diaryl/α,β-unsaturated/α-hetero) is 2. The highest BCUT2D eigenvalue weighted by Gasteiger charge is 2.58. The summed E-state index contributed by atoms with van der Waals surface area (Å²) < 4.78 is 69.1. The summed E-state index contributed by atoms with van der Waals surface area (Å²) in [6.07, 6.45) is 6.40. The van der Waals surface area contributed by atoms with Crippen molar-refractivity contribution in [3.63, 3.8) is 0 Å². The lowest BCUT2D eigenvalue weighted by Crippen LogP contribution is -2.52. The highest BCUT2D eigenvalue weighted by atomic mass is 19.1. The van der Waals surface area contributed by atoms with Crippen molar-refractivity contribution in [2.45, 2.75) is 64.2 Å². The smallest absolute Gasteiger partial charge is 0.307 e. The number of carboxylic acids is 1. The Morgan fingerprint density at radius 2 is 0.886 bits per heavy atom. The predicted molar refractivity (Wildman–Crippen MR) is 287 cm³/mol. The summed E-state index contributed by atoms with van der Waals surface area (Å²) in [6, 6.07) is 26.3. The van der Waals surface area contributed by atoms with Gasteiger partial charge in [-0.3, -0.25) is 28.8 Å². The van der Waals surface area contributed by atoms with E-state index in [2.05, 4.69) is 16.0 Å². The number of halogens is 4. The van der Waals surface area contributed by atoms with Crippen LogP contribution in [0.5, 0.6) is 0 Å². The van der Waals surface area contributed by atoms with Crippen molar-refractivity contribution in [1.82, 2.24) is 16.0 Å². The quantitative estimate of drug-likeness (QED) is 0.0540. The summed E-state index contributed by atoms with van der Waals surface area (Å²) in [5.41, 5.74) is 5.10. The van der Waals surface area contributed by atoms with Gasteiger partial charge in [0, 0.05) is 55.9 Å². The number of carbonyl (C=O) groups excluding carboxylic acids is 5. The van der Waals surface area contributed by atoms with Crippen molar-refractivity contribution in [3.05, 3.63) is 166 Å². The van der Waals surface area contributed by atoms with Crippen molar-refractivity contribution in [3.8, 4) is 44.9 Å². The number of likely N-dealkylation sites (N-methyl/N-ethyl adjacent to an activating group) is 1. The van der Waals surface area contributed by atoms with Crippen LogP contribution in [0.3, 0.4) is 0 Å². The third kappa shape index (κ3) is 9.78. The lowest BCUT2D eigenvalue weighted by atomic mass is 9.43. The number of benzene rings is 6. The fourth-order valence-corrected chi connectivity index (χ4v) is 12.4. The minimum atomic E-state index is -1.09. The van der Waals surface area contributed by atoms with Crippen LogP contribution in [-0.2, 0) is 22.4 Å². The van der Waals surface area contributed by atoms with Gasteiger partial charge in [0.05, 0.1) is 35.1 Å². The lowest BCUT2D eigenvalue weighted by molar-refractivity contribution is -0.136. The Labute approximate surface area is 450 Å². The summed E-state index contributed by atoms with van der Waals surface area (Å²) in [4.78, 5) is 76.5. The minimum absolute atomic E-state index is 0.00514. The normalized spacial score (nSPS) is 19.2. The topological polar surface area (TPSA) is 185 Å². The molecular weight excluding hydrogens is 1020 g/mol. The van der Waals surface area contributed by atoms with Crippen LogP contribution in [0.4, 0.5) is 17.6 Å². The fraction of sp³-hybridized carbons (Fsp3) is 0.270. The van der Waals surface area contributed by atoms with Crippen LogP contribution in [0, 0.1) is 45.9 Å². The first-order chi connectivity index (χ1) is 37.9.